The molecule has 21 heavy (non-hydrogen) atoms. The van der Waals surface area contributed by atoms with Crippen LogP contribution in [0.2, 0.25) is 5.02 Å². The summed E-state index contributed by atoms with van der Waals surface area (Å²) in [5, 5.41) is 26.8. The highest BCUT2D eigenvalue weighted by Crippen LogP contribution is 2.33. The first-order chi connectivity index (χ1) is 10.1. The van der Waals surface area contributed by atoms with Gasteiger partial charge in [-0.3, -0.25) is 0 Å². The maximum atomic E-state index is 9.70. The highest BCUT2D eigenvalue weighted by molar-refractivity contribution is 6.30. The summed E-state index contributed by atoms with van der Waals surface area (Å²) in [5.74, 6) is -0.131. The van der Waals surface area contributed by atoms with Crippen LogP contribution in [0.1, 0.15) is 17.2 Å². The largest absolute Gasteiger partial charge is 0.504 e. The highest BCUT2D eigenvalue weighted by Gasteiger charge is 2.21. The molecule has 3 rings (SSSR count). The average molecular weight is 305 g/mol. The van der Waals surface area contributed by atoms with Crippen molar-refractivity contribution in [2.75, 3.05) is 18.4 Å². The fourth-order valence-corrected chi connectivity index (χ4v) is 2.76. The molecule has 4 nitrogen and oxygen atoms in total. The Morgan fingerprint density at radius 1 is 1.14 bits per heavy atom. The number of benzene rings is 2. The van der Waals surface area contributed by atoms with Gasteiger partial charge in [-0.1, -0.05) is 11.6 Å². The standard InChI is InChI=1S/C16H17ClN2O2/c17-11-1-3-12(4-2-11)19-9-14-13-8-16(21)15(20)7-10(13)5-6-18-14/h1-4,7-8,14,18-21H,5-6,9H2. The van der Waals surface area contributed by atoms with Gasteiger partial charge in [0.1, 0.15) is 0 Å². The van der Waals surface area contributed by atoms with Crippen LogP contribution in [0.25, 0.3) is 0 Å². The maximum absolute atomic E-state index is 9.70. The van der Waals surface area contributed by atoms with E-state index in [-0.39, 0.29) is 17.5 Å². The van der Waals surface area contributed by atoms with Crippen LogP contribution in [0.15, 0.2) is 36.4 Å². The summed E-state index contributed by atoms with van der Waals surface area (Å²) in [6.07, 6.45) is 0.848. The third-order valence-corrected chi connectivity index (χ3v) is 4.00. The number of rotatable bonds is 3. The Morgan fingerprint density at radius 3 is 2.62 bits per heavy atom. The lowest BCUT2D eigenvalue weighted by Gasteiger charge is -2.28. The Bertz CT molecular complexity index is 643. The zero-order valence-corrected chi connectivity index (χ0v) is 12.2. The number of fused-ring (bicyclic) bond motifs is 1. The van der Waals surface area contributed by atoms with Gasteiger partial charge >= 0.3 is 0 Å². The normalized spacial score (nSPS) is 17.3. The Labute approximate surface area is 128 Å². The number of hydrogen-bond acceptors (Lipinski definition) is 4. The predicted octanol–water partition coefficient (Wildman–Crippen LogP) is 3.05. The van der Waals surface area contributed by atoms with E-state index in [1.165, 1.54) is 0 Å². The van der Waals surface area contributed by atoms with Crippen LogP contribution in [-0.2, 0) is 6.42 Å². The molecule has 0 fully saturated rings. The molecule has 0 saturated carbocycles. The third-order valence-electron chi connectivity index (χ3n) is 3.75. The van der Waals surface area contributed by atoms with Crippen molar-refractivity contribution in [2.45, 2.75) is 12.5 Å². The van der Waals surface area contributed by atoms with Crippen molar-refractivity contribution in [3.8, 4) is 11.5 Å². The van der Waals surface area contributed by atoms with Gasteiger partial charge < -0.3 is 20.8 Å². The van der Waals surface area contributed by atoms with E-state index >= 15 is 0 Å². The van der Waals surface area contributed by atoms with Crippen molar-refractivity contribution in [2.24, 2.45) is 0 Å². The van der Waals surface area contributed by atoms with Crippen LogP contribution < -0.4 is 10.6 Å². The molecule has 1 heterocycles. The van der Waals surface area contributed by atoms with Crippen molar-refractivity contribution < 1.29 is 10.2 Å². The topological polar surface area (TPSA) is 64.5 Å². The number of aromatic hydroxyl groups is 2. The van der Waals surface area contributed by atoms with Gasteiger partial charge in [0.25, 0.3) is 0 Å². The summed E-state index contributed by atoms with van der Waals surface area (Å²) < 4.78 is 0. The average Bonchev–Trinajstić information content (AvgIpc) is 2.48. The maximum Gasteiger partial charge on any atom is 0.157 e. The van der Waals surface area contributed by atoms with Crippen LogP contribution >= 0.6 is 11.6 Å². The second kappa shape index (κ2) is 5.84. The number of anilines is 1. The van der Waals surface area contributed by atoms with Crippen molar-refractivity contribution in [3.63, 3.8) is 0 Å². The van der Waals surface area contributed by atoms with Crippen LogP contribution in [0.3, 0.4) is 0 Å². The van der Waals surface area contributed by atoms with Crippen molar-refractivity contribution >= 4 is 17.3 Å². The lowest BCUT2D eigenvalue weighted by atomic mass is 9.93. The molecule has 1 unspecified atom stereocenters. The first-order valence-corrected chi connectivity index (χ1v) is 7.29. The number of halogens is 1. The Hall–Kier alpha value is -1.91. The summed E-state index contributed by atoms with van der Waals surface area (Å²) >= 11 is 5.87. The van der Waals surface area contributed by atoms with E-state index in [2.05, 4.69) is 10.6 Å². The first-order valence-electron chi connectivity index (χ1n) is 6.91. The molecule has 0 aromatic heterocycles. The van der Waals surface area contributed by atoms with Crippen LogP contribution in [-0.4, -0.2) is 23.3 Å². The highest BCUT2D eigenvalue weighted by atomic mass is 35.5. The molecule has 0 spiro atoms. The van der Waals surface area contributed by atoms with Gasteiger partial charge in [-0.25, -0.2) is 0 Å². The summed E-state index contributed by atoms with van der Waals surface area (Å²) in [5.41, 5.74) is 3.10. The van der Waals surface area contributed by atoms with Gasteiger partial charge in [-0.15, -0.1) is 0 Å². The molecule has 0 amide bonds. The van der Waals surface area contributed by atoms with Crippen LogP contribution in [0.5, 0.6) is 11.5 Å². The zero-order chi connectivity index (χ0) is 14.8. The molecule has 110 valence electrons. The quantitative estimate of drug-likeness (QED) is 0.658. The molecule has 0 aliphatic carbocycles. The molecule has 1 aliphatic rings. The minimum Gasteiger partial charge on any atom is -0.504 e. The number of hydrogen-bond donors (Lipinski definition) is 4. The van der Waals surface area contributed by atoms with Gasteiger partial charge in [0.05, 0.1) is 0 Å². The van der Waals surface area contributed by atoms with Crippen LogP contribution in [0.4, 0.5) is 5.69 Å². The van der Waals surface area contributed by atoms with E-state index in [9.17, 15) is 10.2 Å². The van der Waals surface area contributed by atoms with E-state index in [1.807, 2.05) is 24.3 Å². The Kier molecular flexibility index (Phi) is 3.90. The fourth-order valence-electron chi connectivity index (χ4n) is 2.64. The molecule has 2 aromatic rings. The molecular weight excluding hydrogens is 288 g/mol. The SMILES string of the molecule is Oc1cc2c(cc1O)C(CNc1ccc(Cl)cc1)NCC2. The number of phenols is 2. The van der Waals surface area contributed by atoms with Crippen molar-refractivity contribution in [3.05, 3.63) is 52.5 Å². The second-order valence-electron chi connectivity index (χ2n) is 5.18. The molecule has 0 saturated heterocycles. The lowest BCUT2D eigenvalue weighted by molar-refractivity contribution is 0.399. The van der Waals surface area contributed by atoms with Gasteiger partial charge in [-0.2, -0.15) is 0 Å². The van der Waals surface area contributed by atoms with E-state index in [1.54, 1.807) is 12.1 Å². The van der Waals surface area contributed by atoms with Gasteiger partial charge in [0, 0.05) is 23.3 Å². The van der Waals surface area contributed by atoms with E-state index in [0.717, 1.165) is 29.8 Å². The van der Waals surface area contributed by atoms with Gasteiger partial charge in [0.15, 0.2) is 11.5 Å². The number of phenolic OH excluding ortho intramolecular Hbond substituents is 2. The van der Waals surface area contributed by atoms with E-state index in [0.29, 0.717) is 11.6 Å². The van der Waals surface area contributed by atoms with Gasteiger partial charge in [0.2, 0.25) is 0 Å². The molecular formula is C16H17ClN2O2. The summed E-state index contributed by atoms with van der Waals surface area (Å²) in [4.78, 5) is 0. The summed E-state index contributed by atoms with van der Waals surface area (Å²) in [6.45, 7) is 1.54. The molecule has 2 aromatic carbocycles. The molecule has 0 bridgehead atoms. The van der Waals surface area contributed by atoms with Gasteiger partial charge in [-0.05, 0) is 60.5 Å². The first kappa shape index (κ1) is 14.0. The monoisotopic (exact) mass is 304 g/mol. The molecule has 1 aliphatic heterocycles. The molecule has 5 heteroatoms. The molecule has 0 radical (unpaired) electrons. The minimum atomic E-state index is -0.0751. The Morgan fingerprint density at radius 2 is 1.86 bits per heavy atom. The minimum absolute atomic E-state index is 0.0555. The predicted molar refractivity (Wildman–Crippen MR) is 84.2 cm³/mol. The van der Waals surface area contributed by atoms with Crippen LogP contribution in [0, 0.1) is 0 Å². The Balaban J connectivity index is 1.76. The fraction of sp³-hybridized carbons (Fsp3) is 0.250. The van der Waals surface area contributed by atoms with Crippen molar-refractivity contribution in [1.82, 2.24) is 5.32 Å². The zero-order valence-electron chi connectivity index (χ0n) is 11.4. The molecule has 1 atom stereocenters. The van der Waals surface area contributed by atoms with Crippen molar-refractivity contribution in [1.29, 1.82) is 0 Å². The van der Waals surface area contributed by atoms with E-state index < -0.39 is 0 Å². The third kappa shape index (κ3) is 3.06. The lowest BCUT2D eigenvalue weighted by Crippen LogP contribution is -2.34. The molecule has 4 N–H and O–H groups in total. The number of nitrogens with one attached hydrogen (secondary N) is 2. The smallest absolute Gasteiger partial charge is 0.157 e. The van der Waals surface area contributed by atoms with E-state index in [4.69, 9.17) is 11.6 Å². The second-order valence-corrected chi connectivity index (χ2v) is 5.62. The summed E-state index contributed by atoms with van der Waals surface area (Å²) in [7, 11) is 0. The summed E-state index contributed by atoms with van der Waals surface area (Å²) in [6, 6.07) is 10.9.